The highest BCUT2D eigenvalue weighted by Crippen LogP contribution is 2.24. The van der Waals surface area contributed by atoms with Gasteiger partial charge < -0.3 is 10.2 Å². The van der Waals surface area contributed by atoms with Gasteiger partial charge in [0.2, 0.25) is 11.8 Å². The third-order valence-electron chi connectivity index (χ3n) is 5.28. The van der Waals surface area contributed by atoms with Crippen LogP contribution in [-0.2, 0) is 21.9 Å². The molecular weight excluding hydrogens is 463 g/mol. The standard InChI is InChI=1S/C25H32Cl2N2O2S/c1-6-18(4)28-25(31)19(5)29(13-20-7-8-22(26)23(27)12-20)24(30)15-32-14-21-10-16(2)9-17(3)11-21/h7-12,18-19H,6,13-15H2,1-5H3,(H,28,31)/t18-,19+/m0/s1. The highest BCUT2D eigenvalue weighted by atomic mass is 35.5. The first-order chi connectivity index (χ1) is 15.1. The van der Waals surface area contributed by atoms with Gasteiger partial charge in [-0.25, -0.2) is 0 Å². The summed E-state index contributed by atoms with van der Waals surface area (Å²) >= 11 is 13.8. The van der Waals surface area contributed by atoms with Gasteiger partial charge in [-0.1, -0.05) is 65.5 Å². The molecule has 4 nitrogen and oxygen atoms in total. The molecule has 0 unspecified atom stereocenters. The Balaban J connectivity index is 2.13. The summed E-state index contributed by atoms with van der Waals surface area (Å²) in [7, 11) is 0. The van der Waals surface area contributed by atoms with Crippen LogP contribution in [0.1, 0.15) is 49.4 Å². The Kier molecular flexibility index (Phi) is 10.4. The molecule has 2 atom stereocenters. The van der Waals surface area contributed by atoms with Crippen LogP contribution < -0.4 is 5.32 Å². The van der Waals surface area contributed by atoms with Crippen molar-refractivity contribution < 1.29 is 9.59 Å². The van der Waals surface area contributed by atoms with Crippen LogP contribution in [0.4, 0.5) is 0 Å². The maximum absolute atomic E-state index is 13.2. The van der Waals surface area contributed by atoms with Crippen LogP contribution in [0.2, 0.25) is 10.0 Å². The number of carbonyl (C=O) groups excluding carboxylic acids is 2. The van der Waals surface area contributed by atoms with Crippen molar-refractivity contribution in [1.82, 2.24) is 10.2 Å². The highest BCUT2D eigenvalue weighted by Gasteiger charge is 2.26. The van der Waals surface area contributed by atoms with Crippen molar-refractivity contribution in [3.8, 4) is 0 Å². The first kappa shape index (κ1) is 26.6. The number of amides is 2. The molecule has 0 aromatic heterocycles. The lowest BCUT2D eigenvalue weighted by molar-refractivity contribution is -0.138. The number of nitrogens with zero attached hydrogens (tertiary/aromatic N) is 1. The summed E-state index contributed by atoms with van der Waals surface area (Å²) in [6.07, 6.45) is 0.824. The Labute approximate surface area is 206 Å². The third-order valence-corrected chi connectivity index (χ3v) is 7.01. The monoisotopic (exact) mass is 494 g/mol. The Morgan fingerprint density at radius 3 is 2.25 bits per heavy atom. The van der Waals surface area contributed by atoms with E-state index < -0.39 is 6.04 Å². The molecule has 0 saturated heterocycles. The zero-order valence-electron chi connectivity index (χ0n) is 19.4. The number of aryl methyl sites for hydroxylation is 2. The molecule has 32 heavy (non-hydrogen) atoms. The van der Waals surface area contributed by atoms with E-state index in [4.69, 9.17) is 23.2 Å². The molecule has 0 aliphatic heterocycles. The van der Waals surface area contributed by atoms with Gasteiger partial charge in [0.05, 0.1) is 15.8 Å². The van der Waals surface area contributed by atoms with Crippen LogP contribution >= 0.6 is 35.0 Å². The molecule has 2 aromatic carbocycles. The van der Waals surface area contributed by atoms with E-state index >= 15 is 0 Å². The molecule has 2 amide bonds. The van der Waals surface area contributed by atoms with Crippen LogP contribution in [-0.4, -0.2) is 34.6 Å². The lowest BCUT2D eigenvalue weighted by Gasteiger charge is -2.29. The second kappa shape index (κ2) is 12.5. The van der Waals surface area contributed by atoms with Gasteiger partial charge in [0, 0.05) is 18.3 Å². The first-order valence-corrected chi connectivity index (χ1v) is 12.7. The van der Waals surface area contributed by atoms with E-state index in [0.29, 0.717) is 10.0 Å². The lowest BCUT2D eigenvalue weighted by atomic mass is 10.1. The summed E-state index contributed by atoms with van der Waals surface area (Å²) in [6.45, 7) is 10.2. The minimum absolute atomic E-state index is 0.0470. The number of hydrogen-bond donors (Lipinski definition) is 1. The fourth-order valence-corrected chi connectivity index (χ4v) is 4.54. The number of benzene rings is 2. The molecule has 0 saturated carbocycles. The van der Waals surface area contributed by atoms with Crippen molar-refractivity contribution in [2.45, 2.75) is 65.4 Å². The second-order valence-electron chi connectivity index (χ2n) is 8.25. The van der Waals surface area contributed by atoms with Crippen LogP contribution in [0, 0.1) is 13.8 Å². The fraction of sp³-hybridized carbons (Fsp3) is 0.440. The first-order valence-electron chi connectivity index (χ1n) is 10.8. The van der Waals surface area contributed by atoms with E-state index in [9.17, 15) is 9.59 Å². The van der Waals surface area contributed by atoms with E-state index in [2.05, 4.69) is 37.4 Å². The lowest BCUT2D eigenvalue weighted by Crippen LogP contribution is -2.50. The number of thioether (sulfide) groups is 1. The average Bonchev–Trinajstić information content (AvgIpc) is 2.73. The molecule has 174 valence electrons. The van der Waals surface area contributed by atoms with Gasteiger partial charge in [-0.05, 0) is 57.4 Å². The predicted octanol–water partition coefficient (Wildman–Crippen LogP) is 6.18. The summed E-state index contributed by atoms with van der Waals surface area (Å²) in [5.41, 5.74) is 4.45. The molecule has 0 aliphatic rings. The van der Waals surface area contributed by atoms with Gasteiger partial charge in [0.1, 0.15) is 6.04 Å². The molecule has 0 spiro atoms. The SMILES string of the molecule is CC[C@H](C)NC(=O)[C@@H](C)N(Cc1ccc(Cl)c(Cl)c1)C(=O)CSCc1cc(C)cc(C)c1. The Bertz CT molecular complexity index is 931. The molecular formula is C25H32Cl2N2O2S. The van der Waals surface area contributed by atoms with Crippen molar-refractivity contribution in [2.75, 3.05) is 5.75 Å². The Morgan fingerprint density at radius 1 is 1.00 bits per heavy atom. The summed E-state index contributed by atoms with van der Waals surface area (Å²) in [6, 6.07) is 11.1. The van der Waals surface area contributed by atoms with Crippen molar-refractivity contribution in [3.05, 3.63) is 68.7 Å². The second-order valence-corrected chi connectivity index (χ2v) is 10.1. The van der Waals surface area contributed by atoms with Gasteiger partial charge >= 0.3 is 0 Å². The summed E-state index contributed by atoms with van der Waals surface area (Å²) in [4.78, 5) is 27.6. The molecule has 0 bridgehead atoms. The number of nitrogens with one attached hydrogen (secondary N) is 1. The van der Waals surface area contributed by atoms with Crippen LogP contribution in [0.15, 0.2) is 36.4 Å². The minimum Gasteiger partial charge on any atom is -0.352 e. The minimum atomic E-state index is -0.604. The summed E-state index contributed by atoms with van der Waals surface area (Å²) in [5, 5.41) is 3.86. The largest absolute Gasteiger partial charge is 0.352 e. The van der Waals surface area contributed by atoms with Gasteiger partial charge in [-0.15, -0.1) is 11.8 Å². The van der Waals surface area contributed by atoms with Gasteiger partial charge in [-0.3, -0.25) is 9.59 Å². The summed E-state index contributed by atoms with van der Waals surface area (Å²) < 4.78 is 0. The van der Waals surface area contributed by atoms with Crippen LogP contribution in [0.25, 0.3) is 0 Å². The third kappa shape index (κ3) is 8.02. The molecule has 2 aromatic rings. The zero-order valence-corrected chi connectivity index (χ0v) is 21.7. The van der Waals surface area contributed by atoms with Crippen molar-refractivity contribution in [3.63, 3.8) is 0 Å². The maximum atomic E-state index is 13.2. The molecule has 2 rings (SSSR count). The zero-order chi connectivity index (χ0) is 23.8. The quantitative estimate of drug-likeness (QED) is 0.429. The number of carbonyl (C=O) groups is 2. The maximum Gasteiger partial charge on any atom is 0.242 e. The number of halogens is 2. The summed E-state index contributed by atoms with van der Waals surface area (Å²) in [5.74, 6) is 0.779. The average molecular weight is 496 g/mol. The smallest absolute Gasteiger partial charge is 0.242 e. The van der Waals surface area contributed by atoms with Gasteiger partial charge in [-0.2, -0.15) is 0 Å². The number of hydrogen-bond acceptors (Lipinski definition) is 3. The van der Waals surface area contributed by atoms with Crippen molar-refractivity contribution in [1.29, 1.82) is 0 Å². The highest BCUT2D eigenvalue weighted by molar-refractivity contribution is 7.99. The molecule has 7 heteroatoms. The molecule has 0 fully saturated rings. The van der Waals surface area contributed by atoms with Gasteiger partial charge in [0.15, 0.2) is 0 Å². The Morgan fingerprint density at radius 2 is 1.66 bits per heavy atom. The van der Waals surface area contributed by atoms with Crippen LogP contribution in [0.3, 0.4) is 0 Å². The normalized spacial score (nSPS) is 12.8. The van der Waals surface area contributed by atoms with E-state index in [1.54, 1.807) is 35.7 Å². The van der Waals surface area contributed by atoms with Crippen molar-refractivity contribution in [2.24, 2.45) is 0 Å². The van der Waals surface area contributed by atoms with E-state index in [1.165, 1.54) is 16.7 Å². The van der Waals surface area contributed by atoms with Crippen LogP contribution in [0.5, 0.6) is 0 Å². The van der Waals surface area contributed by atoms with E-state index in [0.717, 1.165) is 17.7 Å². The molecule has 0 aliphatic carbocycles. The van der Waals surface area contributed by atoms with E-state index in [-0.39, 0.29) is 30.2 Å². The van der Waals surface area contributed by atoms with Crippen molar-refractivity contribution >= 4 is 46.8 Å². The topological polar surface area (TPSA) is 49.4 Å². The fourth-order valence-electron chi connectivity index (χ4n) is 3.37. The van der Waals surface area contributed by atoms with E-state index in [1.807, 2.05) is 19.9 Å². The predicted molar refractivity (Wildman–Crippen MR) is 136 cm³/mol. The molecule has 0 heterocycles. The molecule has 1 N–H and O–H groups in total. The molecule has 0 radical (unpaired) electrons. The van der Waals surface area contributed by atoms with Gasteiger partial charge in [0.25, 0.3) is 0 Å². The Hall–Kier alpha value is -1.69. The number of rotatable bonds is 10.